The smallest absolute Gasteiger partial charge is 0.173 e. The van der Waals surface area contributed by atoms with Crippen LogP contribution in [0.2, 0.25) is 5.02 Å². The molecule has 0 bridgehead atoms. The SMILES string of the molecule is Cc1nc(SCC(=O)c2ccc(Cl)cc2)c(C#N)c(C)c1CC(=O)c1ccc(Br)cc1. The number of benzene rings is 2. The van der Waals surface area contributed by atoms with E-state index >= 15 is 0 Å². The number of pyridine rings is 1. The number of Topliss-reactive ketones (excluding diaryl/α,β-unsaturated/α-hetero) is 2. The Hall–Kier alpha value is -2.46. The highest BCUT2D eigenvalue weighted by Crippen LogP contribution is 2.28. The van der Waals surface area contributed by atoms with Crippen LogP contribution in [-0.4, -0.2) is 22.3 Å². The zero-order valence-corrected chi connectivity index (χ0v) is 20.1. The number of carbonyl (C=O) groups excluding carboxylic acids is 2. The fraction of sp³-hybridized carbons (Fsp3) is 0.167. The van der Waals surface area contributed by atoms with Crippen LogP contribution >= 0.6 is 39.3 Å². The number of aryl methyl sites for hydroxylation is 1. The first-order valence-corrected chi connectivity index (χ1v) is 11.6. The van der Waals surface area contributed by atoms with Gasteiger partial charge in [-0.15, -0.1) is 0 Å². The third-order valence-corrected chi connectivity index (χ3v) is 6.63. The molecule has 3 aromatic rings. The highest BCUT2D eigenvalue weighted by molar-refractivity contribution is 9.10. The van der Waals surface area contributed by atoms with Gasteiger partial charge in [0.25, 0.3) is 0 Å². The zero-order chi connectivity index (χ0) is 22.5. The van der Waals surface area contributed by atoms with Gasteiger partial charge in [-0.1, -0.05) is 51.4 Å². The van der Waals surface area contributed by atoms with Gasteiger partial charge in [-0.05, 0) is 61.4 Å². The monoisotopic (exact) mass is 512 g/mol. The second-order valence-electron chi connectivity index (χ2n) is 6.92. The van der Waals surface area contributed by atoms with E-state index in [0.29, 0.717) is 32.4 Å². The van der Waals surface area contributed by atoms with Crippen LogP contribution in [-0.2, 0) is 6.42 Å². The van der Waals surface area contributed by atoms with Crippen LogP contribution in [0.3, 0.4) is 0 Å². The molecule has 0 atom stereocenters. The quantitative estimate of drug-likeness (QED) is 0.270. The number of nitrogens with zero attached hydrogens (tertiary/aromatic N) is 2. The molecule has 4 nitrogen and oxygen atoms in total. The summed E-state index contributed by atoms with van der Waals surface area (Å²) >= 11 is 10.5. The molecule has 3 rings (SSSR count). The van der Waals surface area contributed by atoms with Gasteiger partial charge in [0.2, 0.25) is 0 Å². The summed E-state index contributed by atoms with van der Waals surface area (Å²) in [5.41, 5.74) is 3.72. The molecule has 0 spiro atoms. The van der Waals surface area contributed by atoms with Crippen LogP contribution in [0.5, 0.6) is 0 Å². The number of thioether (sulfide) groups is 1. The molecule has 2 aromatic carbocycles. The molecule has 7 heteroatoms. The van der Waals surface area contributed by atoms with Crippen LogP contribution in [0.4, 0.5) is 0 Å². The number of halogens is 2. The normalized spacial score (nSPS) is 10.5. The summed E-state index contributed by atoms with van der Waals surface area (Å²) < 4.78 is 0.902. The van der Waals surface area contributed by atoms with E-state index in [1.165, 1.54) is 11.8 Å². The highest BCUT2D eigenvalue weighted by atomic mass is 79.9. The van der Waals surface area contributed by atoms with Crippen molar-refractivity contribution in [3.8, 4) is 6.07 Å². The minimum Gasteiger partial charge on any atom is -0.294 e. The number of nitriles is 1. The Bertz CT molecular complexity index is 1190. The molecule has 0 N–H and O–H groups in total. The average Bonchev–Trinajstić information content (AvgIpc) is 2.75. The molecule has 0 fully saturated rings. The zero-order valence-electron chi connectivity index (χ0n) is 16.9. The number of aromatic nitrogens is 1. The summed E-state index contributed by atoms with van der Waals surface area (Å²) in [6, 6.07) is 16.1. The molecule has 0 saturated carbocycles. The van der Waals surface area contributed by atoms with E-state index < -0.39 is 0 Å². The Morgan fingerprint density at radius 3 is 2.23 bits per heavy atom. The van der Waals surface area contributed by atoms with Gasteiger partial charge >= 0.3 is 0 Å². The van der Waals surface area contributed by atoms with E-state index in [9.17, 15) is 14.9 Å². The maximum Gasteiger partial charge on any atom is 0.173 e. The van der Waals surface area contributed by atoms with Crippen LogP contribution in [0.1, 0.15) is 43.1 Å². The molecule has 0 aliphatic heterocycles. The first kappa shape index (κ1) is 23.2. The van der Waals surface area contributed by atoms with Crippen LogP contribution < -0.4 is 0 Å². The Labute approximate surface area is 198 Å². The van der Waals surface area contributed by atoms with E-state index in [2.05, 4.69) is 27.0 Å². The minimum atomic E-state index is -0.0721. The van der Waals surface area contributed by atoms with Crippen molar-refractivity contribution in [2.24, 2.45) is 0 Å². The molecule has 0 radical (unpaired) electrons. The van der Waals surface area contributed by atoms with E-state index in [1.54, 1.807) is 36.4 Å². The predicted octanol–water partition coefficient (Wildman–Crippen LogP) is 6.39. The third-order valence-electron chi connectivity index (χ3n) is 4.87. The van der Waals surface area contributed by atoms with E-state index in [1.807, 2.05) is 26.0 Å². The standard InChI is InChI=1S/C24H18BrClN2O2S/c1-14-20(11-22(29)16-3-7-18(25)8-4-16)15(2)28-24(21(14)12-27)31-13-23(30)17-5-9-19(26)10-6-17/h3-10H,11,13H2,1-2H3. The molecular formula is C24H18BrClN2O2S. The summed E-state index contributed by atoms with van der Waals surface area (Å²) in [6.45, 7) is 3.64. The third kappa shape index (κ3) is 5.62. The highest BCUT2D eigenvalue weighted by Gasteiger charge is 2.19. The van der Waals surface area contributed by atoms with Crippen LogP contribution in [0.15, 0.2) is 58.0 Å². The van der Waals surface area contributed by atoms with Crippen molar-refractivity contribution < 1.29 is 9.59 Å². The summed E-state index contributed by atoms with van der Waals surface area (Å²) in [6.07, 6.45) is 0.162. The van der Waals surface area contributed by atoms with Crippen molar-refractivity contribution in [2.75, 3.05) is 5.75 Å². The fourth-order valence-electron chi connectivity index (χ4n) is 3.11. The first-order chi connectivity index (χ1) is 14.8. The Morgan fingerprint density at radius 1 is 1.03 bits per heavy atom. The predicted molar refractivity (Wildman–Crippen MR) is 127 cm³/mol. The Balaban J connectivity index is 1.81. The fourth-order valence-corrected chi connectivity index (χ4v) is 4.48. The lowest BCUT2D eigenvalue weighted by molar-refractivity contribution is 0.0990. The summed E-state index contributed by atoms with van der Waals surface area (Å²) in [4.78, 5) is 29.7. The maximum absolute atomic E-state index is 12.7. The van der Waals surface area contributed by atoms with Gasteiger partial charge in [-0.3, -0.25) is 9.59 Å². The summed E-state index contributed by atoms with van der Waals surface area (Å²) in [5, 5.41) is 10.8. The lowest BCUT2D eigenvalue weighted by Crippen LogP contribution is -2.10. The molecule has 0 aliphatic carbocycles. The van der Waals surface area contributed by atoms with Crippen molar-refractivity contribution in [3.05, 3.63) is 91.5 Å². The van der Waals surface area contributed by atoms with Crippen molar-refractivity contribution in [1.82, 2.24) is 4.98 Å². The molecule has 0 unspecified atom stereocenters. The van der Waals surface area contributed by atoms with Crippen LogP contribution in [0, 0.1) is 25.2 Å². The summed E-state index contributed by atoms with van der Waals surface area (Å²) in [7, 11) is 0. The number of hydrogen-bond acceptors (Lipinski definition) is 5. The van der Waals surface area contributed by atoms with Gasteiger partial charge in [0.05, 0.1) is 11.3 Å². The van der Waals surface area contributed by atoms with Gasteiger partial charge in [0, 0.05) is 32.7 Å². The first-order valence-electron chi connectivity index (χ1n) is 9.40. The van der Waals surface area contributed by atoms with Crippen molar-refractivity contribution in [3.63, 3.8) is 0 Å². The van der Waals surface area contributed by atoms with Gasteiger partial charge in [-0.2, -0.15) is 5.26 Å². The van der Waals surface area contributed by atoms with Crippen molar-refractivity contribution in [1.29, 1.82) is 5.26 Å². The molecule has 0 amide bonds. The molecular weight excluding hydrogens is 496 g/mol. The molecule has 1 heterocycles. The van der Waals surface area contributed by atoms with E-state index in [-0.39, 0.29) is 23.7 Å². The lowest BCUT2D eigenvalue weighted by Gasteiger charge is -2.14. The molecule has 1 aromatic heterocycles. The van der Waals surface area contributed by atoms with Crippen LogP contribution in [0.25, 0.3) is 0 Å². The molecule has 0 saturated heterocycles. The summed E-state index contributed by atoms with van der Waals surface area (Å²) in [5.74, 6) is 0.0409. The average molecular weight is 514 g/mol. The second kappa shape index (κ2) is 10.2. The largest absolute Gasteiger partial charge is 0.294 e. The van der Waals surface area contributed by atoms with Gasteiger partial charge < -0.3 is 0 Å². The molecule has 156 valence electrons. The molecule has 31 heavy (non-hydrogen) atoms. The van der Waals surface area contributed by atoms with E-state index in [4.69, 9.17) is 11.6 Å². The number of carbonyl (C=O) groups is 2. The lowest BCUT2D eigenvalue weighted by atomic mass is 9.96. The Morgan fingerprint density at radius 2 is 1.61 bits per heavy atom. The Kier molecular flexibility index (Phi) is 7.66. The number of hydrogen-bond donors (Lipinski definition) is 0. The number of rotatable bonds is 7. The molecule has 0 aliphatic rings. The van der Waals surface area contributed by atoms with Crippen molar-refractivity contribution in [2.45, 2.75) is 25.3 Å². The van der Waals surface area contributed by atoms with E-state index in [0.717, 1.165) is 15.6 Å². The van der Waals surface area contributed by atoms with Gasteiger partial charge in [0.15, 0.2) is 11.6 Å². The van der Waals surface area contributed by atoms with Gasteiger partial charge in [0.1, 0.15) is 11.1 Å². The second-order valence-corrected chi connectivity index (χ2v) is 9.23. The maximum atomic E-state index is 12.7. The topological polar surface area (TPSA) is 70.8 Å². The van der Waals surface area contributed by atoms with Crippen molar-refractivity contribution >= 4 is 50.9 Å². The van der Waals surface area contributed by atoms with Gasteiger partial charge in [-0.25, -0.2) is 4.98 Å². The number of ketones is 2. The minimum absolute atomic E-state index is 0.0392.